The van der Waals surface area contributed by atoms with Crippen LogP contribution in [0.25, 0.3) is 0 Å². The standard InChI is InChI=1S/C14H16ClFN2O3/c15-10-4-1-5-11(16)13(10)14(20)18-8-12(19)17-7-9-3-2-6-21-9/h1,4-5,9H,2-3,6-8H2,(H,17,19)(H,18,20). The van der Waals surface area contributed by atoms with Crippen LogP contribution >= 0.6 is 11.6 Å². The molecule has 1 aromatic rings. The van der Waals surface area contributed by atoms with E-state index in [-0.39, 0.29) is 29.1 Å². The maximum Gasteiger partial charge on any atom is 0.256 e. The van der Waals surface area contributed by atoms with Crippen LogP contribution in [0.5, 0.6) is 0 Å². The van der Waals surface area contributed by atoms with Gasteiger partial charge in [0.25, 0.3) is 5.91 Å². The minimum Gasteiger partial charge on any atom is -0.376 e. The van der Waals surface area contributed by atoms with Crippen molar-refractivity contribution in [3.63, 3.8) is 0 Å². The number of carbonyl (C=O) groups is 2. The van der Waals surface area contributed by atoms with Crippen molar-refractivity contribution in [2.45, 2.75) is 18.9 Å². The molecule has 5 nitrogen and oxygen atoms in total. The molecule has 1 aromatic carbocycles. The lowest BCUT2D eigenvalue weighted by Crippen LogP contribution is -2.40. The minimum absolute atomic E-state index is 0.00673. The van der Waals surface area contributed by atoms with Gasteiger partial charge in [-0.25, -0.2) is 4.39 Å². The summed E-state index contributed by atoms with van der Waals surface area (Å²) in [6.07, 6.45) is 1.94. The van der Waals surface area contributed by atoms with Gasteiger partial charge < -0.3 is 15.4 Å². The molecule has 21 heavy (non-hydrogen) atoms. The number of benzene rings is 1. The molecule has 0 radical (unpaired) electrons. The van der Waals surface area contributed by atoms with E-state index in [1.54, 1.807) is 0 Å². The largest absolute Gasteiger partial charge is 0.376 e. The van der Waals surface area contributed by atoms with Crippen molar-refractivity contribution in [1.29, 1.82) is 0 Å². The Hall–Kier alpha value is -1.66. The molecule has 1 saturated heterocycles. The van der Waals surface area contributed by atoms with Gasteiger partial charge in [-0.15, -0.1) is 0 Å². The first kappa shape index (κ1) is 15.7. The molecule has 1 aliphatic rings. The Morgan fingerprint density at radius 1 is 1.38 bits per heavy atom. The van der Waals surface area contributed by atoms with Crippen molar-refractivity contribution in [3.8, 4) is 0 Å². The van der Waals surface area contributed by atoms with Crippen LogP contribution in [0.3, 0.4) is 0 Å². The number of halogens is 2. The number of rotatable bonds is 5. The van der Waals surface area contributed by atoms with Crippen molar-refractivity contribution in [3.05, 3.63) is 34.6 Å². The van der Waals surface area contributed by atoms with Gasteiger partial charge in [-0.2, -0.15) is 0 Å². The molecule has 2 rings (SSSR count). The van der Waals surface area contributed by atoms with E-state index in [0.29, 0.717) is 13.2 Å². The molecule has 1 aliphatic heterocycles. The molecule has 0 saturated carbocycles. The van der Waals surface area contributed by atoms with Crippen molar-refractivity contribution in [1.82, 2.24) is 10.6 Å². The van der Waals surface area contributed by atoms with Crippen LogP contribution in [-0.4, -0.2) is 37.6 Å². The third kappa shape index (κ3) is 4.41. The summed E-state index contributed by atoms with van der Waals surface area (Å²) in [5.74, 6) is -1.79. The van der Waals surface area contributed by atoms with Crippen LogP contribution in [-0.2, 0) is 9.53 Å². The summed E-state index contributed by atoms with van der Waals surface area (Å²) in [7, 11) is 0. The summed E-state index contributed by atoms with van der Waals surface area (Å²) < 4.78 is 18.9. The number of carbonyl (C=O) groups excluding carboxylic acids is 2. The van der Waals surface area contributed by atoms with Crippen LogP contribution in [0.4, 0.5) is 4.39 Å². The number of hydrogen-bond acceptors (Lipinski definition) is 3. The van der Waals surface area contributed by atoms with Gasteiger partial charge in [-0.3, -0.25) is 9.59 Å². The molecule has 1 atom stereocenters. The molecule has 0 aromatic heterocycles. The van der Waals surface area contributed by atoms with Gasteiger partial charge in [0.1, 0.15) is 5.82 Å². The average Bonchev–Trinajstić information content (AvgIpc) is 2.96. The van der Waals surface area contributed by atoms with Gasteiger partial charge in [0.15, 0.2) is 0 Å². The predicted molar refractivity (Wildman–Crippen MR) is 75.7 cm³/mol. The molecular weight excluding hydrogens is 299 g/mol. The van der Waals surface area contributed by atoms with E-state index in [1.165, 1.54) is 12.1 Å². The Morgan fingerprint density at radius 3 is 2.86 bits per heavy atom. The fraction of sp³-hybridized carbons (Fsp3) is 0.429. The maximum absolute atomic E-state index is 13.5. The van der Waals surface area contributed by atoms with E-state index < -0.39 is 11.7 Å². The number of ether oxygens (including phenoxy) is 1. The summed E-state index contributed by atoms with van der Waals surface area (Å²) >= 11 is 5.77. The Balaban J connectivity index is 1.79. The summed E-state index contributed by atoms with van der Waals surface area (Å²) in [5, 5.41) is 5.00. The second kappa shape index (κ2) is 7.38. The van der Waals surface area contributed by atoms with Gasteiger partial charge in [0.2, 0.25) is 5.91 Å². The Bertz CT molecular complexity index is 513. The first-order valence-electron chi connectivity index (χ1n) is 6.68. The first-order valence-corrected chi connectivity index (χ1v) is 7.06. The highest BCUT2D eigenvalue weighted by atomic mass is 35.5. The quantitative estimate of drug-likeness (QED) is 0.865. The predicted octanol–water partition coefficient (Wildman–Crippen LogP) is 1.50. The van der Waals surface area contributed by atoms with E-state index in [1.807, 2.05) is 0 Å². The first-order chi connectivity index (χ1) is 10.1. The fourth-order valence-electron chi connectivity index (χ4n) is 2.06. The summed E-state index contributed by atoms with van der Waals surface area (Å²) in [4.78, 5) is 23.4. The van der Waals surface area contributed by atoms with Gasteiger partial charge in [-0.1, -0.05) is 17.7 Å². The lowest BCUT2D eigenvalue weighted by atomic mass is 10.2. The normalized spacial score (nSPS) is 17.5. The zero-order valence-corrected chi connectivity index (χ0v) is 12.1. The Morgan fingerprint density at radius 2 is 2.19 bits per heavy atom. The van der Waals surface area contributed by atoms with E-state index in [9.17, 15) is 14.0 Å². The van der Waals surface area contributed by atoms with E-state index in [4.69, 9.17) is 16.3 Å². The van der Waals surface area contributed by atoms with E-state index >= 15 is 0 Å². The molecular formula is C14H16ClFN2O3. The molecule has 1 fully saturated rings. The average molecular weight is 315 g/mol. The Kier molecular flexibility index (Phi) is 5.52. The topological polar surface area (TPSA) is 67.4 Å². The molecule has 114 valence electrons. The molecule has 1 heterocycles. The number of hydrogen-bond donors (Lipinski definition) is 2. The van der Waals surface area contributed by atoms with E-state index in [2.05, 4.69) is 10.6 Å². The zero-order valence-electron chi connectivity index (χ0n) is 11.3. The zero-order chi connectivity index (χ0) is 15.2. The van der Waals surface area contributed by atoms with Gasteiger partial charge >= 0.3 is 0 Å². The molecule has 2 amide bonds. The van der Waals surface area contributed by atoms with Crippen LogP contribution in [0, 0.1) is 5.82 Å². The van der Waals surface area contributed by atoms with Crippen LogP contribution < -0.4 is 10.6 Å². The third-order valence-corrected chi connectivity index (χ3v) is 3.47. The minimum atomic E-state index is -0.722. The summed E-state index contributed by atoms with van der Waals surface area (Å²) in [5.41, 5.74) is -0.258. The van der Waals surface area contributed by atoms with Crippen LogP contribution in [0.2, 0.25) is 5.02 Å². The van der Waals surface area contributed by atoms with Crippen molar-refractivity contribution >= 4 is 23.4 Å². The summed E-state index contributed by atoms with van der Waals surface area (Å²) in [6, 6.07) is 3.96. The van der Waals surface area contributed by atoms with Gasteiger partial charge in [-0.05, 0) is 25.0 Å². The Labute approximate surface area is 126 Å². The second-order valence-electron chi connectivity index (χ2n) is 4.72. The lowest BCUT2D eigenvalue weighted by molar-refractivity contribution is -0.120. The number of nitrogens with one attached hydrogen (secondary N) is 2. The van der Waals surface area contributed by atoms with Crippen LogP contribution in [0.15, 0.2) is 18.2 Å². The number of amides is 2. The van der Waals surface area contributed by atoms with Gasteiger partial charge in [0.05, 0.1) is 23.2 Å². The molecule has 2 N–H and O–H groups in total. The fourth-order valence-corrected chi connectivity index (χ4v) is 2.31. The third-order valence-electron chi connectivity index (χ3n) is 3.15. The van der Waals surface area contributed by atoms with Gasteiger partial charge in [0, 0.05) is 13.2 Å². The highest BCUT2D eigenvalue weighted by Crippen LogP contribution is 2.18. The highest BCUT2D eigenvalue weighted by molar-refractivity contribution is 6.33. The highest BCUT2D eigenvalue weighted by Gasteiger charge is 2.18. The van der Waals surface area contributed by atoms with E-state index in [0.717, 1.165) is 18.9 Å². The van der Waals surface area contributed by atoms with Crippen LogP contribution in [0.1, 0.15) is 23.2 Å². The molecule has 0 aliphatic carbocycles. The molecule has 0 bridgehead atoms. The van der Waals surface area contributed by atoms with Crippen molar-refractivity contribution < 1.29 is 18.7 Å². The van der Waals surface area contributed by atoms with Crippen molar-refractivity contribution in [2.24, 2.45) is 0 Å². The smallest absolute Gasteiger partial charge is 0.256 e. The van der Waals surface area contributed by atoms with Crippen molar-refractivity contribution in [2.75, 3.05) is 19.7 Å². The lowest BCUT2D eigenvalue weighted by Gasteiger charge is -2.11. The molecule has 1 unspecified atom stereocenters. The monoisotopic (exact) mass is 314 g/mol. The molecule has 7 heteroatoms. The second-order valence-corrected chi connectivity index (χ2v) is 5.13. The maximum atomic E-state index is 13.5. The molecule has 0 spiro atoms. The summed E-state index contributed by atoms with van der Waals surface area (Å²) in [6.45, 7) is 0.883. The SMILES string of the molecule is O=C(CNC(=O)c1c(F)cccc1Cl)NCC1CCCO1.